The maximum atomic E-state index is 13.9. The van der Waals surface area contributed by atoms with Gasteiger partial charge in [-0.1, -0.05) is 0 Å². The zero-order valence-electron chi connectivity index (χ0n) is 17.3. The van der Waals surface area contributed by atoms with Crippen LogP contribution < -0.4 is 19.5 Å². The predicted molar refractivity (Wildman–Crippen MR) is 108 cm³/mol. The number of benzene rings is 1. The Balaban J connectivity index is 1.42. The van der Waals surface area contributed by atoms with Crippen molar-refractivity contribution < 1.29 is 32.2 Å². The van der Waals surface area contributed by atoms with E-state index in [0.29, 0.717) is 16.2 Å². The number of hydrogen-bond acceptors (Lipinski definition) is 7. The van der Waals surface area contributed by atoms with Crippen LogP contribution in [-0.2, 0) is 6.18 Å². The molecule has 1 fully saturated rings. The maximum absolute atomic E-state index is 13.9. The number of carbonyl (C=O) groups excluding carboxylic acids is 1. The van der Waals surface area contributed by atoms with E-state index in [2.05, 4.69) is 20.6 Å². The molecule has 5 rings (SSSR count). The third-order valence-electron chi connectivity index (χ3n) is 5.49. The van der Waals surface area contributed by atoms with Crippen LogP contribution in [0, 0.1) is 0 Å². The molecular formula is C21H18F3N5O4. The van der Waals surface area contributed by atoms with Crippen LogP contribution in [-0.4, -0.2) is 38.8 Å². The Morgan fingerprint density at radius 2 is 1.88 bits per heavy atom. The largest absolute Gasteiger partial charge is 0.480 e. The first kappa shape index (κ1) is 21.0. The molecule has 12 heteroatoms. The van der Waals surface area contributed by atoms with Crippen molar-refractivity contribution in [3.05, 3.63) is 47.8 Å². The molecule has 0 radical (unpaired) electrons. The van der Waals surface area contributed by atoms with Gasteiger partial charge in [0, 0.05) is 30.7 Å². The Bertz CT molecular complexity index is 1200. The van der Waals surface area contributed by atoms with Crippen LogP contribution >= 0.6 is 0 Å². The number of nitrogens with one attached hydrogen (secondary N) is 1. The van der Waals surface area contributed by atoms with E-state index in [4.69, 9.17) is 14.2 Å². The second-order valence-electron chi connectivity index (χ2n) is 7.69. The van der Waals surface area contributed by atoms with E-state index in [1.807, 2.05) is 0 Å². The topological polar surface area (TPSA) is 100 Å². The zero-order chi connectivity index (χ0) is 23.2. The van der Waals surface area contributed by atoms with E-state index >= 15 is 0 Å². The van der Waals surface area contributed by atoms with Gasteiger partial charge in [-0.15, -0.1) is 10.2 Å². The number of anilines is 1. The number of alkyl halides is 3. The standard InChI is InChI=1S/C21H18F3N5O4/c1-31-17-7-6-16(27-28-17)29-18(21(22,23)24)13(11-25-29)19(30)26-12-4-5-14-15(10-12)33-20(32-14)8-2-3-9-20/h4-7,10-11H,2-3,8-9H2,1H3,(H,26,30). The van der Waals surface area contributed by atoms with Crippen LogP contribution in [0.4, 0.5) is 18.9 Å². The van der Waals surface area contributed by atoms with Gasteiger partial charge in [0.1, 0.15) is 0 Å². The second-order valence-corrected chi connectivity index (χ2v) is 7.69. The lowest BCUT2D eigenvalue weighted by molar-refractivity contribution is -0.143. The fraction of sp³-hybridized carbons (Fsp3) is 0.333. The fourth-order valence-corrected chi connectivity index (χ4v) is 3.98. The summed E-state index contributed by atoms with van der Waals surface area (Å²) in [6.45, 7) is 0. The second kappa shape index (κ2) is 7.64. The van der Waals surface area contributed by atoms with Crippen LogP contribution in [0.2, 0.25) is 0 Å². The summed E-state index contributed by atoms with van der Waals surface area (Å²) < 4.78 is 58.9. The van der Waals surface area contributed by atoms with E-state index in [0.717, 1.165) is 31.9 Å². The average Bonchev–Trinajstić information content (AvgIpc) is 3.51. The fourth-order valence-electron chi connectivity index (χ4n) is 3.98. The van der Waals surface area contributed by atoms with Gasteiger partial charge in [0.2, 0.25) is 5.88 Å². The molecule has 3 aromatic rings. The number of halogens is 3. The van der Waals surface area contributed by atoms with Crippen molar-refractivity contribution in [2.24, 2.45) is 0 Å². The minimum Gasteiger partial charge on any atom is -0.480 e. The zero-order valence-corrected chi connectivity index (χ0v) is 17.3. The first-order valence-corrected chi connectivity index (χ1v) is 10.1. The third-order valence-corrected chi connectivity index (χ3v) is 5.49. The molecule has 1 aromatic carbocycles. The van der Waals surface area contributed by atoms with Crippen molar-refractivity contribution >= 4 is 11.6 Å². The van der Waals surface area contributed by atoms with E-state index in [9.17, 15) is 18.0 Å². The normalized spacial score (nSPS) is 16.2. The summed E-state index contributed by atoms with van der Waals surface area (Å²) in [5.41, 5.74) is -1.67. The highest BCUT2D eigenvalue weighted by Gasteiger charge is 2.44. The summed E-state index contributed by atoms with van der Waals surface area (Å²) in [4.78, 5) is 12.8. The number of methoxy groups -OCH3 is 1. The third kappa shape index (κ3) is 3.81. The molecule has 172 valence electrons. The maximum Gasteiger partial charge on any atom is 0.434 e. The lowest BCUT2D eigenvalue weighted by atomic mass is 10.2. The molecule has 33 heavy (non-hydrogen) atoms. The van der Waals surface area contributed by atoms with Crippen molar-refractivity contribution in [3.63, 3.8) is 0 Å². The molecule has 1 aliphatic carbocycles. The molecule has 2 aliphatic rings. The number of nitrogens with zero attached hydrogens (tertiary/aromatic N) is 4. The number of rotatable bonds is 4. The summed E-state index contributed by atoms with van der Waals surface area (Å²) >= 11 is 0. The smallest absolute Gasteiger partial charge is 0.434 e. The molecule has 0 saturated heterocycles. The SMILES string of the molecule is COc1ccc(-n2ncc(C(=O)Nc3ccc4c(c3)OC3(CCCC3)O4)c2C(F)(F)F)nn1. The number of hydrogen-bond donors (Lipinski definition) is 1. The van der Waals surface area contributed by atoms with Crippen molar-refractivity contribution in [2.45, 2.75) is 37.6 Å². The highest BCUT2D eigenvalue weighted by Crippen LogP contribution is 2.47. The summed E-state index contributed by atoms with van der Waals surface area (Å²) in [6.07, 6.45) is -0.558. The molecule has 1 aliphatic heterocycles. The number of fused-ring (bicyclic) bond motifs is 1. The van der Waals surface area contributed by atoms with E-state index in [1.165, 1.54) is 25.3 Å². The Labute approximate surface area is 185 Å². The molecule has 0 atom stereocenters. The van der Waals surface area contributed by atoms with E-state index < -0.39 is 29.1 Å². The van der Waals surface area contributed by atoms with Crippen LogP contribution in [0.1, 0.15) is 41.7 Å². The summed E-state index contributed by atoms with van der Waals surface area (Å²) in [6, 6.07) is 7.30. The van der Waals surface area contributed by atoms with Crippen molar-refractivity contribution in [1.82, 2.24) is 20.0 Å². The molecule has 3 heterocycles. The predicted octanol–water partition coefficient (Wildman–Crippen LogP) is 3.98. The molecule has 0 unspecified atom stereocenters. The Hall–Kier alpha value is -3.83. The number of ether oxygens (including phenoxy) is 3. The first-order chi connectivity index (χ1) is 15.8. The molecule has 1 saturated carbocycles. The summed E-state index contributed by atoms with van der Waals surface area (Å²) in [7, 11) is 1.35. The van der Waals surface area contributed by atoms with Crippen LogP contribution in [0.25, 0.3) is 5.82 Å². The number of aromatic nitrogens is 4. The number of carbonyl (C=O) groups is 1. The average molecular weight is 461 g/mol. The van der Waals surface area contributed by atoms with Gasteiger partial charge in [0.15, 0.2) is 23.0 Å². The highest BCUT2D eigenvalue weighted by molar-refractivity contribution is 6.05. The van der Waals surface area contributed by atoms with Gasteiger partial charge >= 0.3 is 6.18 Å². The van der Waals surface area contributed by atoms with Crippen LogP contribution in [0.5, 0.6) is 17.4 Å². The summed E-state index contributed by atoms with van der Waals surface area (Å²) in [5.74, 6) is -0.780. The van der Waals surface area contributed by atoms with E-state index in [1.54, 1.807) is 12.1 Å². The molecule has 1 amide bonds. The van der Waals surface area contributed by atoms with Crippen molar-refractivity contribution in [3.8, 4) is 23.2 Å². The molecular weight excluding hydrogens is 443 g/mol. The molecule has 1 N–H and O–H groups in total. The Morgan fingerprint density at radius 1 is 1.12 bits per heavy atom. The van der Waals surface area contributed by atoms with Gasteiger partial charge in [0.05, 0.1) is 18.9 Å². The quantitative estimate of drug-likeness (QED) is 0.627. The highest BCUT2D eigenvalue weighted by atomic mass is 19.4. The van der Waals surface area contributed by atoms with Gasteiger partial charge in [-0.3, -0.25) is 4.79 Å². The number of amides is 1. The molecule has 9 nitrogen and oxygen atoms in total. The Kier molecular flexibility index (Phi) is 4.87. The van der Waals surface area contributed by atoms with Crippen molar-refractivity contribution in [2.75, 3.05) is 12.4 Å². The lowest BCUT2D eigenvalue weighted by Crippen LogP contribution is -2.34. The van der Waals surface area contributed by atoms with Crippen LogP contribution in [0.15, 0.2) is 36.5 Å². The minimum absolute atomic E-state index is 0.125. The molecule has 0 bridgehead atoms. The lowest BCUT2D eigenvalue weighted by Gasteiger charge is -2.21. The van der Waals surface area contributed by atoms with Crippen molar-refractivity contribution in [1.29, 1.82) is 0 Å². The van der Waals surface area contributed by atoms with Gasteiger partial charge < -0.3 is 19.5 Å². The molecule has 1 spiro atoms. The van der Waals surface area contributed by atoms with E-state index in [-0.39, 0.29) is 17.4 Å². The summed E-state index contributed by atoms with van der Waals surface area (Å²) in [5, 5.41) is 13.5. The van der Waals surface area contributed by atoms with Gasteiger partial charge in [0.25, 0.3) is 11.7 Å². The Morgan fingerprint density at radius 3 is 2.55 bits per heavy atom. The monoisotopic (exact) mass is 461 g/mol. The minimum atomic E-state index is -4.88. The van der Waals surface area contributed by atoms with Gasteiger partial charge in [-0.05, 0) is 31.0 Å². The van der Waals surface area contributed by atoms with Crippen LogP contribution in [0.3, 0.4) is 0 Å². The first-order valence-electron chi connectivity index (χ1n) is 10.1. The molecule has 2 aromatic heterocycles. The van der Waals surface area contributed by atoms with Gasteiger partial charge in [-0.25, -0.2) is 4.68 Å². The van der Waals surface area contributed by atoms with Gasteiger partial charge in [-0.2, -0.15) is 18.3 Å².